The summed E-state index contributed by atoms with van der Waals surface area (Å²) in [6.07, 6.45) is 1.76. The number of hydrogen-bond donors (Lipinski definition) is 0. The maximum atomic E-state index is 13.2. The van der Waals surface area contributed by atoms with Crippen LogP contribution in [0.5, 0.6) is 0 Å². The number of rotatable bonds is 5. The van der Waals surface area contributed by atoms with Crippen molar-refractivity contribution in [3.63, 3.8) is 0 Å². The summed E-state index contributed by atoms with van der Waals surface area (Å²) in [5.74, 6) is -2.31. The van der Waals surface area contributed by atoms with Gasteiger partial charge in [0.2, 0.25) is 0 Å². The Bertz CT molecular complexity index is 1270. The third kappa shape index (κ3) is 3.10. The molecule has 2 aliphatic rings. The van der Waals surface area contributed by atoms with Gasteiger partial charge >= 0.3 is 5.97 Å². The van der Waals surface area contributed by atoms with Gasteiger partial charge in [-0.25, -0.2) is 4.79 Å². The molecule has 3 aromatic carbocycles. The van der Waals surface area contributed by atoms with Crippen LogP contribution in [0.3, 0.4) is 0 Å². The second kappa shape index (κ2) is 7.57. The van der Waals surface area contributed by atoms with Crippen molar-refractivity contribution >= 4 is 45.9 Å². The summed E-state index contributed by atoms with van der Waals surface area (Å²) in [5, 5.41) is 2.13. The van der Waals surface area contributed by atoms with Gasteiger partial charge in [-0.3, -0.25) is 19.3 Å². The van der Waals surface area contributed by atoms with E-state index in [1.54, 1.807) is 24.3 Å². The first kappa shape index (κ1) is 20.4. The van der Waals surface area contributed by atoms with Gasteiger partial charge in [0, 0.05) is 27.1 Å². The summed E-state index contributed by atoms with van der Waals surface area (Å²) in [7, 11) is 0. The average molecular weight is 448 g/mol. The molecule has 5 rings (SSSR count). The van der Waals surface area contributed by atoms with Gasteiger partial charge in [0.15, 0.2) is 12.4 Å². The van der Waals surface area contributed by atoms with Crippen molar-refractivity contribution in [2.45, 2.75) is 25.8 Å². The third-order valence-corrected chi connectivity index (χ3v) is 6.39. The molecule has 0 radical (unpaired) electrons. The first-order chi connectivity index (χ1) is 15.4. The Balaban J connectivity index is 1.38. The van der Waals surface area contributed by atoms with Gasteiger partial charge in [-0.05, 0) is 72.7 Å². The van der Waals surface area contributed by atoms with Crippen molar-refractivity contribution in [2.24, 2.45) is 0 Å². The van der Waals surface area contributed by atoms with Crippen LogP contribution in [0.4, 0.5) is 0 Å². The smallest absolute Gasteiger partial charge is 0.329 e. The highest BCUT2D eigenvalue weighted by molar-refractivity contribution is 6.30. The molecule has 6 nitrogen and oxygen atoms in total. The predicted molar refractivity (Wildman–Crippen MR) is 118 cm³/mol. The number of Topliss-reactive ketones (excluding diaryl/α,β-unsaturated/α-hetero) is 1. The standard InChI is InChI=1S/C25H18ClNO5/c1-13(25(31)32-12-20(28)14-4-8-17(26)9-5-14)27-23(29)18-10-6-15-2-3-16-7-11-19(24(27)30)22(18)21(15)16/h4-11,13H,2-3,12H2,1H3/t13-/m1/s1. The first-order valence-corrected chi connectivity index (χ1v) is 10.7. The van der Waals surface area contributed by atoms with E-state index in [9.17, 15) is 19.2 Å². The Morgan fingerprint density at radius 3 is 2.03 bits per heavy atom. The minimum absolute atomic E-state index is 0.345. The molecule has 0 aromatic heterocycles. The monoisotopic (exact) mass is 447 g/mol. The number of nitrogens with zero attached hydrogens (tertiary/aromatic N) is 1. The van der Waals surface area contributed by atoms with Crippen molar-refractivity contribution in [1.29, 1.82) is 0 Å². The number of carbonyl (C=O) groups is 4. The Hall–Kier alpha value is -3.51. The number of halogens is 1. The first-order valence-electron chi connectivity index (χ1n) is 10.3. The van der Waals surface area contributed by atoms with Gasteiger partial charge in [0.1, 0.15) is 6.04 Å². The van der Waals surface area contributed by atoms with Crippen LogP contribution in [0.25, 0.3) is 10.8 Å². The zero-order chi connectivity index (χ0) is 22.6. The lowest BCUT2D eigenvalue weighted by molar-refractivity contribution is -0.146. The molecule has 1 aliphatic carbocycles. The number of hydrogen-bond acceptors (Lipinski definition) is 5. The SMILES string of the molecule is C[C@H](C(=O)OCC(=O)c1ccc(Cl)cc1)N1C(=O)c2ccc3c4c(ccc(c24)C1=O)CC3. The van der Waals surface area contributed by atoms with E-state index in [0.717, 1.165) is 34.3 Å². The van der Waals surface area contributed by atoms with E-state index in [0.29, 0.717) is 27.1 Å². The Morgan fingerprint density at radius 1 is 0.906 bits per heavy atom. The van der Waals surface area contributed by atoms with Gasteiger partial charge in [-0.2, -0.15) is 0 Å². The summed E-state index contributed by atoms with van der Waals surface area (Å²) in [5.41, 5.74) is 3.40. The molecule has 2 amide bonds. The number of imide groups is 1. The molecule has 3 aromatic rings. The van der Waals surface area contributed by atoms with E-state index in [1.807, 2.05) is 12.1 Å². The van der Waals surface area contributed by atoms with Crippen LogP contribution < -0.4 is 0 Å². The van der Waals surface area contributed by atoms with E-state index in [2.05, 4.69) is 0 Å². The van der Waals surface area contributed by atoms with E-state index < -0.39 is 36.2 Å². The zero-order valence-corrected chi connectivity index (χ0v) is 17.9. The minimum Gasteiger partial charge on any atom is -0.456 e. The number of carbonyl (C=O) groups excluding carboxylic acids is 4. The van der Waals surface area contributed by atoms with Crippen LogP contribution >= 0.6 is 11.6 Å². The summed E-state index contributed by atoms with van der Waals surface area (Å²) in [4.78, 5) is 52.3. The normalized spacial score (nSPS) is 15.2. The third-order valence-electron chi connectivity index (χ3n) is 6.14. The van der Waals surface area contributed by atoms with Gasteiger partial charge < -0.3 is 4.74 Å². The largest absolute Gasteiger partial charge is 0.456 e. The predicted octanol–water partition coefficient (Wildman–Crippen LogP) is 4.00. The maximum Gasteiger partial charge on any atom is 0.329 e. The summed E-state index contributed by atoms with van der Waals surface area (Å²) < 4.78 is 5.14. The van der Waals surface area contributed by atoms with Gasteiger partial charge in [-0.15, -0.1) is 0 Å². The molecule has 0 N–H and O–H groups in total. The van der Waals surface area contributed by atoms with E-state index in [4.69, 9.17) is 16.3 Å². The number of esters is 1. The Morgan fingerprint density at radius 2 is 1.47 bits per heavy atom. The van der Waals surface area contributed by atoms with Crippen LogP contribution in [-0.4, -0.2) is 41.1 Å². The maximum absolute atomic E-state index is 13.2. The molecule has 0 unspecified atom stereocenters. The number of amides is 2. The fourth-order valence-corrected chi connectivity index (χ4v) is 4.60. The molecular formula is C25H18ClNO5. The highest BCUT2D eigenvalue weighted by Crippen LogP contribution is 2.38. The highest BCUT2D eigenvalue weighted by Gasteiger charge is 2.40. The fourth-order valence-electron chi connectivity index (χ4n) is 4.47. The van der Waals surface area contributed by atoms with Crippen molar-refractivity contribution < 1.29 is 23.9 Å². The van der Waals surface area contributed by atoms with Crippen molar-refractivity contribution in [2.75, 3.05) is 6.61 Å². The second-order valence-electron chi connectivity index (χ2n) is 7.99. The molecule has 0 bridgehead atoms. The molecule has 32 heavy (non-hydrogen) atoms. The Labute approximate surface area is 188 Å². The van der Waals surface area contributed by atoms with Crippen LogP contribution in [0, 0.1) is 0 Å². The molecule has 160 valence electrons. The zero-order valence-electron chi connectivity index (χ0n) is 17.2. The second-order valence-corrected chi connectivity index (χ2v) is 8.42. The van der Waals surface area contributed by atoms with E-state index >= 15 is 0 Å². The molecule has 7 heteroatoms. The van der Waals surface area contributed by atoms with E-state index in [-0.39, 0.29) is 0 Å². The van der Waals surface area contributed by atoms with Crippen LogP contribution in [0.1, 0.15) is 49.1 Å². The van der Waals surface area contributed by atoms with Crippen LogP contribution in [0.15, 0.2) is 48.5 Å². The lowest BCUT2D eigenvalue weighted by Gasteiger charge is -2.31. The molecule has 1 aliphatic heterocycles. The number of benzene rings is 3. The molecule has 0 saturated heterocycles. The summed E-state index contributed by atoms with van der Waals surface area (Å²) in [6.45, 7) is 0.924. The lowest BCUT2D eigenvalue weighted by atomic mass is 9.90. The van der Waals surface area contributed by atoms with E-state index in [1.165, 1.54) is 19.1 Å². The van der Waals surface area contributed by atoms with Crippen LogP contribution in [0.2, 0.25) is 5.02 Å². The summed E-state index contributed by atoms with van der Waals surface area (Å²) >= 11 is 5.82. The molecular weight excluding hydrogens is 430 g/mol. The average Bonchev–Trinajstić information content (AvgIpc) is 3.22. The number of ketones is 1. The van der Waals surface area contributed by atoms with Crippen LogP contribution in [-0.2, 0) is 22.4 Å². The quantitative estimate of drug-likeness (QED) is 0.335. The number of ether oxygens (including phenoxy) is 1. The van der Waals surface area contributed by atoms with Crippen molar-refractivity contribution in [1.82, 2.24) is 4.90 Å². The lowest BCUT2D eigenvalue weighted by Crippen LogP contribution is -2.49. The fraction of sp³-hybridized carbons (Fsp3) is 0.200. The van der Waals surface area contributed by atoms with Gasteiger partial charge in [-0.1, -0.05) is 23.7 Å². The van der Waals surface area contributed by atoms with Crippen molar-refractivity contribution in [3.05, 3.63) is 81.4 Å². The molecule has 0 spiro atoms. The Kier molecular flexibility index (Phi) is 4.82. The molecule has 0 saturated carbocycles. The molecule has 1 heterocycles. The minimum atomic E-state index is -1.18. The molecule has 0 fully saturated rings. The van der Waals surface area contributed by atoms with Crippen molar-refractivity contribution in [3.8, 4) is 0 Å². The highest BCUT2D eigenvalue weighted by atomic mass is 35.5. The molecule has 1 atom stereocenters. The topological polar surface area (TPSA) is 80.8 Å². The summed E-state index contributed by atoms with van der Waals surface area (Å²) in [6, 6.07) is 12.3. The van der Waals surface area contributed by atoms with Gasteiger partial charge in [0.25, 0.3) is 11.8 Å². The van der Waals surface area contributed by atoms with Gasteiger partial charge in [0.05, 0.1) is 0 Å². The number of aryl methyl sites for hydroxylation is 2.